The highest BCUT2D eigenvalue weighted by Gasteiger charge is 2.40. The van der Waals surface area contributed by atoms with E-state index >= 15 is 0 Å². The van der Waals surface area contributed by atoms with Crippen LogP contribution in [0.4, 0.5) is 5.69 Å². The van der Waals surface area contributed by atoms with Crippen LogP contribution in [0.2, 0.25) is 0 Å². The number of hydrogen-bond donors (Lipinski definition) is 2. The first-order chi connectivity index (χ1) is 12.6. The predicted molar refractivity (Wildman–Crippen MR) is 97.2 cm³/mol. The highest BCUT2D eigenvalue weighted by molar-refractivity contribution is 9.10. The lowest BCUT2D eigenvalue weighted by molar-refractivity contribution is -0.386. The van der Waals surface area contributed by atoms with E-state index in [2.05, 4.69) is 15.9 Å². The second-order valence-corrected chi connectivity index (χ2v) is 6.50. The number of aromatic hydroxyl groups is 1. The molecule has 0 spiro atoms. The maximum absolute atomic E-state index is 12.5. The van der Waals surface area contributed by atoms with Crippen molar-refractivity contribution in [1.82, 2.24) is 0 Å². The highest BCUT2D eigenvalue weighted by atomic mass is 79.9. The number of rotatable bonds is 4. The van der Waals surface area contributed by atoms with Crippen molar-refractivity contribution in [3.05, 3.63) is 54.6 Å². The van der Waals surface area contributed by atoms with Gasteiger partial charge in [-0.3, -0.25) is 10.1 Å². The molecule has 0 saturated heterocycles. The molecule has 1 unspecified atom stereocenters. The molecule has 27 heavy (non-hydrogen) atoms. The second kappa shape index (κ2) is 7.67. The maximum Gasteiger partial charge on any atom is 0.338 e. The largest absolute Gasteiger partial charge is 0.502 e. The highest BCUT2D eigenvalue weighted by Crippen LogP contribution is 2.48. The maximum atomic E-state index is 12.5. The molecule has 10 heteroatoms. The minimum absolute atomic E-state index is 0.0376. The molecular weight excluding hydrogens is 422 g/mol. The molecule has 0 radical (unpaired) electrons. The van der Waals surface area contributed by atoms with Crippen molar-refractivity contribution >= 4 is 27.6 Å². The Morgan fingerprint density at radius 1 is 1.56 bits per heavy atom. The van der Waals surface area contributed by atoms with Crippen LogP contribution in [0.15, 0.2) is 33.3 Å². The summed E-state index contributed by atoms with van der Waals surface area (Å²) in [6.07, 6.45) is 0. The van der Waals surface area contributed by atoms with E-state index in [0.29, 0.717) is 4.47 Å². The van der Waals surface area contributed by atoms with E-state index in [9.17, 15) is 25.3 Å². The molecule has 1 heterocycles. The van der Waals surface area contributed by atoms with E-state index in [1.165, 1.54) is 19.9 Å². The first-order valence-corrected chi connectivity index (χ1v) is 8.56. The van der Waals surface area contributed by atoms with E-state index < -0.39 is 28.2 Å². The summed E-state index contributed by atoms with van der Waals surface area (Å²) in [6.45, 7) is 4.58. The molecule has 0 aliphatic carbocycles. The fraction of sp³-hybridized carbons (Fsp3) is 0.294. The standard InChI is InChI=1S/C17H16BrN3O6/c1-4-26-17(23)12-8(3)27-16(20)10(6-19)13(12)9-5-11(18)7(2)14(15(9)22)21(24)25/h5,13,22H,4,20H2,1-3H3. The number of phenolic OH excluding ortho intramolecular Hbond substituents is 1. The molecule has 1 aromatic rings. The van der Waals surface area contributed by atoms with Gasteiger partial charge in [0.1, 0.15) is 17.4 Å². The Bertz CT molecular complexity index is 945. The first-order valence-electron chi connectivity index (χ1n) is 7.77. The Kier molecular flexibility index (Phi) is 5.75. The zero-order valence-electron chi connectivity index (χ0n) is 14.7. The summed E-state index contributed by atoms with van der Waals surface area (Å²) in [6, 6.07) is 3.26. The van der Waals surface area contributed by atoms with Gasteiger partial charge in [-0.15, -0.1) is 0 Å². The molecular formula is C17H16BrN3O6. The number of nitriles is 1. The number of esters is 1. The molecule has 0 amide bonds. The van der Waals surface area contributed by atoms with Crippen LogP contribution in [0.25, 0.3) is 0 Å². The van der Waals surface area contributed by atoms with Crippen molar-refractivity contribution in [3.63, 3.8) is 0 Å². The van der Waals surface area contributed by atoms with Crippen molar-refractivity contribution in [2.75, 3.05) is 6.61 Å². The number of carbonyl (C=O) groups is 1. The van der Waals surface area contributed by atoms with Gasteiger partial charge < -0.3 is 20.3 Å². The van der Waals surface area contributed by atoms with Crippen LogP contribution in [0.1, 0.15) is 30.9 Å². The van der Waals surface area contributed by atoms with Crippen molar-refractivity contribution in [2.24, 2.45) is 5.73 Å². The Hall–Kier alpha value is -3.06. The summed E-state index contributed by atoms with van der Waals surface area (Å²) >= 11 is 3.22. The van der Waals surface area contributed by atoms with Crippen molar-refractivity contribution in [2.45, 2.75) is 26.7 Å². The smallest absolute Gasteiger partial charge is 0.338 e. The fourth-order valence-corrected chi connectivity index (χ4v) is 3.28. The monoisotopic (exact) mass is 437 g/mol. The lowest BCUT2D eigenvalue weighted by Gasteiger charge is -2.27. The van der Waals surface area contributed by atoms with Gasteiger partial charge in [0.05, 0.1) is 23.0 Å². The third-order valence-electron chi connectivity index (χ3n) is 4.09. The van der Waals surface area contributed by atoms with Crippen LogP contribution in [-0.4, -0.2) is 22.6 Å². The van der Waals surface area contributed by atoms with Crippen LogP contribution in [0.5, 0.6) is 5.75 Å². The normalized spacial score (nSPS) is 16.6. The summed E-state index contributed by atoms with van der Waals surface area (Å²) in [5, 5.41) is 31.5. The van der Waals surface area contributed by atoms with Gasteiger partial charge in [0, 0.05) is 15.6 Å². The second-order valence-electron chi connectivity index (χ2n) is 5.64. The third-order valence-corrected chi connectivity index (χ3v) is 4.91. The number of nitro groups is 1. The number of halogens is 1. The van der Waals surface area contributed by atoms with E-state index in [1.54, 1.807) is 6.92 Å². The third kappa shape index (κ3) is 3.46. The molecule has 0 aromatic heterocycles. The van der Waals surface area contributed by atoms with Crippen LogP contribution in [0, 0.1) is 28.4 Å². The van der Waals surface area contributed by atoms with E-state index in [-0.39, 0.29) is 40.5 Å². The SMILES string of the molecule is CCOC(=O)C1=C(C)OC(N)=C(C#N)C1c1cc(Br)c(C)c([N+](=O)[O-])c1O. The van der Waals surface area contributed by atoms with Crippen LogP contribution >= 0.6 is 15.9 Å². The Labute approximate surface area is 162 Å². The van der Waals surface area contributed by atoms with Crippen LogP contribution in [-0.2, 0) is 14.3 Å². The molecule has 3 N–H and O–H groups in total. The van der Waals surface area contributed by atoms with Gasteiger partial charge in [0.2, 0.25) is 5.88 Å². The zero-order valence-corrected chi connectivity index (χ0v) is 16.3. The molecule has 1 aliphatic heterocycles. The van der Waals surface area contributed by atoms with Gasteiger partial charge in [-0.2, -0.15) is 5.26 Å². The fourth-order valence-electron chi connectivity index (χ4n) is 2.85. The molecule has 1 aromatic carbocycles. The van der Waals surface area contributed by atoms with Crippen molar-refractivity contribution in [3.8, 4) is 11.8 Å². The van der Waals surface area contributed by atoms with Gasteiger partial charge in [-0.1, -0.05) is 15.9 Å². The summed E-state index contributed by atoms with van der Waals surface area (Å²) in [4.78, 5) is 23.2. The van der Waals surface area contributed by atoms with Crippen LogP contribution < -0.4 is 5.73 Å². The molecule has 1 atom stereocenters. The number of nitrogens with two attached hydrogens (primary N) is 1. The van der Waals surface area contributed by atoms with Gasteiger partial charge in [0.25, 0.3) is 0 Å². The number of benzene rings is 1. The number of allylic oxidation sites excluding steroid dienone is 2. The first kappa shape index (κ1) is 20.3. The van der Waals surface area contributed by atoms with Crippen molar-refractivity contribution in [1.29, 1.82) is 5.26 Å². The Morgan fingerprint density at radius 2 is 2.19 bits per heavy atom. The average molecular weight is 438 g/mol. The van der Waals surface area contributed by atoms with E-state index in [0.717, 1.165) is 0 Å². The molecule has 9 nitrogen and oxygen atoms in total. The number of hydrogen-bond acceptors (Lipinski definition) is 8. The van der Waals surface area contributed by atoms with Crippen molar-refractivity contribution < 1.29 is 24.3 Å². The Morgan fingerprint density at radius 3 is 2.70 bits per heavy atom. The minimum atomic E-state index is -1.18. The van der Waals surface area contributed by atoms with E-state index in [4.69, 9.17) is 15.2 Å². The quantitative estimate of drug-likeness (QED) is 0.414. The number of nitrogens with zero attached hydrogens (tertiary/aromatic N) is 2. The van der Waals surface area contributed by atoms with Gasteiger partial charge in [-0.25, -0.2) is 4.79 Å². The summed E-state index contributed by atoms with van der Waals surface area (Å²) in [5.41, 5.74) is 5.17. The number of ether oxygens (including phenoxy) is 2. The lowest BCUT2D eigenvalue weighted by atomic mass is 9.82. The molecule has 0 fully saturated rings. The Balaban J connectivity index is 2.86. The summed E-state index contributed by atoms with van der Waals surface area (Å²) < 4.78 is 10.6. The van der Waals surface area contributed by atoms with Gasteiger partial charge in [0.15, 0.2) is 5.75 Å². The molecule has 0 bridgehead atoms. The lowest BCUT2D eigenvalue weighted by Crippen LogP contribution is -2.25. The number of nitro benzene ring substituents is 1. The summed E-state index contributed by atoms with van der Waals surface area (Å²) in [7, 11) is 0. The number of carbonyl (C=O) groups excluding carboxylic acids is 1. The van der Waals surface area contributed by atoms with Gasteiger partial charge >= 0.3 is 11.7 Å². The molecule has 1 aliphatic rings. The molecule has 0 saturated carbocycles. The molecule has 2 rings (SSSR count). The molecule has 142 valence electrons. The van der Waals surface area contributed by atoms with E-state index in [1.807, 2.05) is 6.07 Å². The zero-order chi connectivity index (χ0) is 20.5. The van der Waals surface area contributed by atoms with Crippen LogP contribution in [0.3, 0.4) is 0 Å². The van der Waals surface area contributed by atoms with Gasteiger partial charge in [-0.05, 0) is 26.8 Å². The summed E-state index contributed by atoms with van der Waals surface area (Å²) in [5.74, 6) is -2.80. The minimum Gasteiger partial charge on any atom is -0.502 e. The topological polar surface area (TPSA) is 149 Å². The number of phenols is 1. The predicted octanol–water partition coefficient (Wildman–Crippen LogP) is 3.02. The average Bonchev–Trinajstić information content (AvgIpc) is 2.57.